The molecular weight excluding hydrogens is 974 g/mol. The Bertz CT molecular complexity index is 4610. The third kappa shape index (κ3) is 7.04. The van der Waals surface area contributed by atoms with Crippen molar-refractivity contribution >= 4 is 88.5 Å². The number of rotatable bonds is 5. The molecule has 0 saturated carbocycles. The highest BCUT2D eigenvalue weighted by molar-refractivity contribution is 6.98. The predicted octanol–water partition coefficient (Wildman–Crippen LogP) is 17.6. The molecule has 14 aromatic rings. The number of para-hydroxylation sites is 4. The SMILES string of the molecule is CC(C)(C)c1ccc2c(c1)Oc1cc(-n3c4ccc(-c5ccc6c(c5)c5ccccc5n6-c5ccccc5)cc4c4cc(-c5ccc6c(c5)c5ccccc5n6-c5ccccc5)ccc43)cc3c1B2c1ccc(C(C)(C)C)cc1O3. The Morgan fingerprint density at radius 2 is 0.625 bits per heavy atom. The van der Waals surface area contributed by atoms with Gasteiger partial charge in [-0.15, -0.1) is 0 Å². The summed E-state index contributed by atoms with van der Waals surface area (Å²) in [6.45, 7) is 13.6. The molecule has 0 saturated heterocycles. The van der Waals surface area contributed by atoms with Gasteiger partial charge in [0.25, 0.3) is 6.71 Å². The molecule has 11 aromatic carbocycles. The zero-order valence-corrected chi connectivity index (χ0v) is 45.7. The first-order valence-corrected chi connectivity index (χ1v) is 28.0. The number of ether oxygens (including phenoxy) is 2. The molecule has 80 heavy (non-hydrogen) atoms. The van der Waals surface area contributed by atoms with Crippen molar-refractivity contribution in [1.29, 1.82) is 0 Å². The molecule has 5 heterocycles. The van der Waals surface area contributed by atoms with Crippen LogP contribution in [0.5, 0.6) is 23.0 Å². The molecule has 0 bridgehead atoms. The van der Waals surface area contributed by atoms with Gasteiger partial charge in [0.05, 0.1) is 38.8 Å². The van der Waals surface area contributed by atoms with E-state index in [0.717, 1.165) is 78.6 Å². The van der Waals surface area contributed by atoms with E-state index in [0.29, 0.717) is 0 Å². The highest BCUT2D eigenvalue weighted by atomic mass is 16.5. The van der Waals surface area contributed by atoms with E-state index in [1.807, 2.05) is 0 Å². The van der Waals surface area contributed by atoms with E-state index in [4.69, 9.17) is 9.47 Å². The van der Waals surface area contributed by atoms with Crippen LogP contribution in [0.15, 0.2) is 231 Å². The summed E-state index contributed by atoms with van der Waals surface area (Å²) in [7, 11) is 0. The maximum atomic E-state index is 7.16. The zero-order chi connectivity index (χ0) is 53.8. The van der Waals surface area contributed by atoms with Crippen molar-refractivity contribution in [3.8, 4) is 62.3 Å². The van der Waals surface area contributed by atoms with Crippen LogP contribution in [0.2, 0.25) is 0 Å². The molecule has 382 valence electrons. The molecule has 0 aliphatic carbocycles. The average Bonchev–Trinajstić information content (AvgIpc) is 4.29. The van der Waals surface area contributed by atoms with Gasteiger partial charge in [0.2, 0.25) is 0 Å². The van der Waals surface area contributed by atoms with E-state index in [2.05, 4.69) is 286 Å². The second-order valence-corrected chi connectivity index (χ2v) is 24.1. The van der Waals surface area contributed by atoms with E-state index in [-0.39, 0.29) is 17.5 Å². The van der Waals surface area contributed by atoms with Crippen molar-refractivity contribution in [3.63, 3.8) is 0 Å². The highest BCUT2D eigenvalue weighted by Crippen LogP contribution is 2.44. The summed E-state index contributed by atoms with van der Waals surface area (Å²) in [5.41, 5.74) is 20.7. The second kappa shape index (κ2) is 17.0. The van der Waals surface area contributed by atoms with Gasteiger partial charge in [0, 0.05) is 61.3 Å². The Morgan fingerprint density at radius 3 is 1.01 bits per heavy atom. The molecule has 3 aromatic heterocycles. The molecule has 2 aliphatic rings. The Balaban J connectivity index is 0.913. The molecule has 16 rings (SSSR count). The number of hydrogen-bond donors (Lipinski definition) is 0. The summed E-state index contributed by atoms with van der Waals surface area (Å²) in [6, 6.07) is 85.1. The first-order valence-electron chi connectivity index (χ1n) is 28.0. The zero-order valence-electron chi connectivity index (χ0n) is 45.7. The van der Waals surface area contributed by atoms with Gasteiger partial charge in [-0.25, -0.2) is 0 Å². The van der Waals surface area contributed by atoms with Crippen molar-refractivity contribution in [2.45, 2.75) is 52.4 Å². The van der Waals surface area contributed by atoms with Gasteiger partial charge in [-0.3, -0.25) is 0 Å². The van der Waals surface area contributed by atoms with Crippen LogP contribution in [0.4, 0.5) is 0 Å². The minimum absolute atomic E-state index is 0.0500. The molecule has 0 amide bonds. The van der Waals surface area contributed by atoms with Gasteiger partial charge in [-0.2, -0.15) is 0 Å². The van der Waals surface area contributed by atoms with Crippen LogP contribution >= 0.6 is 0 Å². The summed E-state index contributed by atoms with van der Waals surface area (Å²) >= 11 is 0. The lowest BCUT2D eigenvalue weighted by Gasteiger charge is -2.35. The van der Waals surface area contributed by atoms with Crippen LogP contribution in [-0.4, -0.2) is 20.4 Å². The van der Waals surface area contributed by atoms with E-state index >= 15 is 0 Å². The lowest BCUT2D eigenvalue weighted by Crippen LogP contribution is -2.57. The fourth-order valence-corrected chi connectivity index (χ4v) is 13.2. The Morgan fingerprint density at radius 1 is 0.287 bits per heavy atom. The molecular formula is C74H56BN3O2. The van der Waals surface area contributed by atoms with E-state index in [1.54, 1.807) is 0 Å². The Labute approximate surface area is 465 Å². The molecule has 0 unspecified atom stereocenters. The lowest BCUT2D eigenvalue weighted by molar-refractivity contribution is 0.461. The quantitative estimate of drug-likeness (QED) is 0.161. The molecule has 0 radical (unpaired) electrons. The van der Waals surface area contributed by atoms with Gasteiger partial charge < -0.3 is 23.2 Å². The first-order chi connectivity index (χ1) is 38.9. The molecule has 5 nitrogen and oxygen atoms in total. The van der Waals surface area contributed by atoms with E-state index < -0.39 is 0 Å². The van der Waals surface area contributed by atoms with Crippen molar-refractivity contribution in [3.05, 3.63) is 242 Å². The minimum Gasteiger partial charge on any atom is -0.458 e. The molecule has 0 fully saturated rings. The van der Waals surface area contributed by atoms with E-state index in [1.165, 1.54) is 76.6 Å². The monoisotopic (exact) mass is 1030 g/mol. The lowest BCUT2D eigenvalue weighted by atomic mass is 9.34. The highest BCUT2D eigenvalue weighted by Gasteiger charge is 2.41. The van der Waals surface area contributed by atoms with Gasteiger partial charge in [0.1, 0.15) is 23.0 Å². The number of nitrogens with zero attached hydrogens (tertiary/aromatic N) is 3. The summed E-state index contributed by atoms with van der Waals surface area (Å²) in [5.74, 6) is 3.44. The average molecular weight is 1030 g/mol. The third-order valence-electron chi connectivity index (χ3n) is 17.3. The van der Waals surface area contributed by atoms with Crippen molar-refractivity contribution in [1.82, 2.24) is 13.7 Å². The summed E-state index contributed by atoms with van der Waals surface area (Å²) in [4.78, 5) is 0. The van der Waals surface area contributed by atoms with Crippen LogP contribution in [0.1, 0.15) is 52.7 Å². The number of aromatic nitrogens is 3. The predicted molar refractivity (Wildman–Crippen MR) is 335 cm³/mol. The Hall–Kier alpha value is -9.52. The third-order valence-corrected chi connectivity index (χ3v) is 17.3. The van der Waals surface area contributed by atoms with Crippen molar-refractivity contribution in [2.24, 2.45) is 0 Å². The number of fused-ring (bicyclic) bond motifs is 13. The summed E-state index contributed by atoms with van der Waals surface area (Å²) in [6.07, 6.45) is 0. The first kappa shape index (κ1) is 46.6. The van der Waals surface area contributed by atoms with Gasteiger partial charge in [-0.05, 0) is 152 Å². The molecule has 6 heteroatoms. The molecule has 0 N–H and O–H groups in total. The molecule has 2 aliphatic heterocycles. The topological polar surface area (TPSA) is 33.2 Å². The smallest absolute Gasteiger partial charge is 0.260 e. The summed E-state index contributed by atoms with van der Waals surface area (Å²) in [5, 5.41) is 7.25. The molecule has 0 atom stereocenters. The van der Waals surface area contributed by atoms with Crippen molar-refractivity contribution in [2.75, 3.05) is 0 Å². The number of benzene rings is 11. The van der Waals surface area contributed by atoms with Gasteiger partial charge in [-0.1, -0.05) is 163 Å². The largest absolute Gasteiger partial charge is 0.458 e. The van der Waals surface area contributed by atoms with Crippen LogP contribution in [-0.2, 0) is 10.8 Å². The minimum atomic E-state index is -0.0544. The van der Waals surface area contributed by atoms with Crippen LogP contribution in [0.25, 0.3) is 105 Å². The number of hydrogen-bond acceptors (Lipinski definition) is 2. The van der Waals surface area contributed by atoms with Crippen LogP contribution in [0, 0.1) is 0 Å². The Kier molecular flexibility index (Phi) is 9.89. The normalized spacial score (nSPS) is 13.1. The molecule has 0 spiro atoms. The summed E-state index contributed by atoms with van der Waals surface area (Å²) < 4.78 is 21.5. The van der Waals surface area contributed by atoms with Crippen LogP contribution < -0.4 is 25.9 Å². The standard InChI is InChI=1S/C74H56BN3O2/c1-73(2,3)49-29-31-60-68(41-49)79-70-43-53(44-71-72(70)75(60)61-32-30-50(74(4,5)6)42-69(61)80-71)78-66-35-27-47(45-25-33-64-56(37-45)54-21-13-15-23-62(54)76(64)51-17-9-7-10-18-51)39-58(66)59-40-48(28-36-67(59)78)46-26-34-65-57(38-46)55-22-14-16-24-63(55)77(65)52-19-11-8-12-20-52/h7-44H,1-6H3. The maximum Gasteiger partial charge on any atom is 0.260 e. The maximum absolute atomic E-state index is 7.16. The fraction of sp³-hybridized carbons (Fsp3) is 0.108. The van der Waals surface area contributed by atoms with Crippen molar-refractivity contribution < 1.29 is 9.47 Å². The fourth-order valence-electron chi connectivity index (χ4n) is 13.2. The van der Waals surface area contributed by atoms with Gasteiger partial charge in [0.15, 0.2) is 0 Å². The second-order valence-electron chi connectivity index (χ2n) is 24.1. The van der Waals surface area contributed by atoms with Crippen LogP contribution in [0.3, 0.4) is 0 Å². The van der Waals surface area contributed by atoms with Gasteiger partial charge >= 0.3 is 0 Å². The van der Waals surface area contributed by atoms with E-state index in [9.17, 15) is 0 Å².